The standard InChI is InChI=1S/C12H14O2/c13-11-3-1-2-9(8-11)4-7-12(14)10-5-6-10/h1-3,8,10,13H,4-7H2. The summed E-state index contributed by atoms with van der Waals surface area (Å²) in [6.07, 6.45) is 3.54. The summed E-state index contributed by atoms with van der Waals surface area (Å²) in [5, 5.41) is 9.21. The fourth-order valence-electron chi connectivity index (χ4n) is 1.59. The third kappa shape index (κ3) is 2.34. The SMILES string of the molecule is O=C(CCc1cccc(O)c1)C1CC1. The first-order chi connectivity index (χ1) is 6.75. The number of hydrogen-bond acceptors (Lipinski definition) is 2. The number of ketones is 1. The Hall–Kier alpha value is -1.31. The normalized spacial score (nSPS) is 15.4. The van der Waals surface area contributed by atoms with Crippen LogP contribution in [0, 0.1) is 5.92 Å². The van der Waals surface area contributed by atoms with Crippen LogP contribution in [0.25, 0.3) is 0 Å². The molecule has 0 spiro atoms. The largest absolute Gasteiger partial charge is 0.508 e. The van der Waals surface area contributed by atoms with Gasteiger partial charge in [0, 0.05) is 12.3 Å². The molecule has 0 aromatic heterocycles. The van der Waals surface area contributed by atoms with Gasteiger partial charge in [0.1, 0.15) is 11.5 Å². The van der Waals surface area contributed by atoms with Gasteiger partial charge in [0.15, 0.2) is 0 Å². The molecule has 0 heterocycles. The average molecular weight is 190 g/mol. The summed E-state index contributed by atoms with van der Waals surface area (Å²) < 4.78 is 0. The summed E-state index contributed by atoms with van der Waals surface area (Å²) in [5.74, 6) is 1.02. The molecule has 2 rings (SSSR count). The third-order valence-corrected chi connectivity index (χ3v) is 2.60. The molecule has 1 fully saturated rings. The van der Waals surface area contributed by atoms with Gasteiger partial charge in [-0.3, -0.25) is 4.79 Å². The van der Waals surface area contributed by atoms with Crippen molar-refractivity contribution in [1.82, 2.24) is 0 Å². The Labute approximate surface area is 83.6 Å². The highest BCUT2D eigenvalue weighted by Crippen LogP contribution is 2.31. The first-order valence-electron chi connectivity index (χ1n) is 5.06. The number of aromatic hydroxyl groups is 1. The summed E-state index contributed by atoms with van der Waals surface area (Å²) in [6, 6.07) is 7.12. The number of hydrogen-bond donors (Lipinski definition) is 1. The van der Waals surface area contributed by atoms with Crippen LogP contribution in [0.15, 0.2) is 24.3 Å². The summed E-state index contributed by atoms with van der Waals surface area (Å²) in [5.41, 5.74) is 1.04. The summed E-state index contributed by atoms with van der Waals surface area (Å²) in [6.45, 7) is 0. The van der Waals surface area contributed by atoms with Gasteiger partial charge < -0.3 is 5.11 Å². The van der Waals surface area contributed by atoms with Crippen molar-refractivity contribution in [2.75, 3.05) is 0 Å². The lowest BCUT2D eigenvalue weighted by molar-refractivity contribution is -0.120. The van der Waals surface area contributed by atoms with Crippen LogP contribution < -0.4 is 0 Å². The van der Waals surface area contributed by atoms with Crippen molar-refractivity contribution >= 4 is 5.78 Å². The topological polar surface area (TPSA) is 37.3 Å². The van der Waals surface area contributed by atoms with Crippen LogP contribution in [0.4, 0.5) is 0 Å². The number of aryl methyl sites for hydroxylation is 1. The molecule has 1 aliphatic rings. The minimum absolute atomic E-state index is 0.279. The van der Waals surface area contributed by atoms with E-state index in [4.69, 9.17) is 0 Å². The minimum atomic E-state index is 0.279. The van der Waals surface area contributed by atoms with Crippen molar-refractivity contribution in [2.45, 2.75) is 25.7 Å². The predicted octanol–water partition coefficient (Wildman–Crippen LogP) is 2.30. The van der Waals surface area contributed by atoms with Crippen molar-refractivity contribution in [3.63, 3.8) is 0 Å². The number of phenols is 1. The van der Waals surface area contributed by atoms with E-state index >= 15 is 0 Å². The van der Waals surface area contributed by atoms with Gasteiger partial charge in [-0.25, -0.2) is 0 Å². The zero-order valence-corrected chi connectivity index (χ0v) is 8.07. The van der Waals surface area contributed by atoms with Gasteiger partial charge in [-0.05, 0) is 37.0 Å². The maximum absolute atomic E-state index is 11.4. The van der Waals surface area contributed by atoms with E-state index < -0.39 is 0 Å². The molecule has 0 amide bonds. The number of phenolic OH excluding ortho intramolecular Hbond substituents is 1. The smallest absolute Gasteiger partial charge is 0.136 e. The summed E-state index contributed by atoms with van der Waals surface area (Å²) in [7, 11) is 0. The number of Topliss-reactive ketones (excluding diaryl/α,β-unsaturated/α-hetero) is 1. The average Bonchev–Trinajstić information content (AvgIpc) is 2.97. The van der Waals surface area contributed by atoms with Crippen LogP contribution in [-0.2, 0) is 11.2 Å². The fourth-order valence-corrected chi connectivity index (χ4v) is 1.59. The van der Waals surface area contributed by atoms with Crippen molar-refractivity contribution < 1.29 is 9.90 Å². The molecular formula is C12H14O2. The lowest BCUT2D eigenvalue weighted by atomic mass is 10.1. The first-order valence-corrected chi connectivity index (χ1v) is 5.06. The van der Waals surface area contributed by atoms with Crippen LogP contribution in [0.1, 0.15) is 24.8 Å². The first kappa shape index (κ1) is 9.25. The minimum Gasteiger partial charge on any atom is -0.508 e. The van der Waals surface area contributed by atoms with Gasteiger partial charge in [-0.1, -0.05) is 12.1 Å². The van der Waals surface area contributed by atoms with Gasteiger partial charge >= 0.3 is 0 Å². The molecule has 0 saturated heterocycles. The van der Waals surface area contributed by atoms with E-state index in [9.17, 15) is 9.90 Å². The molecule has 1 aromatic rings. The van der Waals surface area contributed by atoms with Gasteiger partial charge in [0.2, 0.25) is 0 Å². The molecule has 1 aromatic carbocycles. The highest BCUT2D eigenvalue weighted by Gasteiger charge is 2.28. The molecule has 2 heteroatoms. The Morgan fingerprint density at radius 3 is 2.86 bits per heavy atom. The Balaban J connectivity index is 1.87. The number of rotatable bonds is 4. The molecule has 1 N–H and O–H groups in total. The molecule has 0 radical (unpaired) electrons. The second kappa shape index (κ2) is 3.82. The number of carbonyl (C=O) groups is 1. The maximum atomic E-state index is 11.4. The van der Waals surface area contributed by atoms with Crippen LogP contribution in [0.2, 0.25) is 0 Å². The second-order valence-electron chi connectivity index (χ2n) is 3.91. The van der Waals surface area contributed by atoms with Crippen molar-refractivity contribution in [2.24, 2.45) is 5.92 Å². The highest BCUT2D eigenvalue weighted by atomic mass is 16.3. The molecule has 0 bridgehead atoms. The molecule has 2 nitrogen and oxygen atoms in total. The van der Waals surface area contributed by atoms with E-state index in [-0.39, 0.29) is 5.75 Å². The van der Waals surface area contributed by atoms with E-state index in [1.54, 1.807) is 12.1 Å². The monoisotopic (exact) mass is 190 g/mol. The third-order valence-electron chi connectivity index (χ3n) is 2.60. The van der Waals surface area contributed by atoms with E-state index in [0.717, 1.165) is 24.8 Å². The predicted molar refractivity (Wildman–Crippen MR) is 54.2 cm³/mol. The van der Waals surface area contributed by atoms with Gasteiger partial charge in [0.25, 0.3) is 0 Å². The Morgan fingerprint density at radius 2 is 2.21 bits per heavy atom. The highest BCUT2D eigenvalue weighted by molar-refractivity contribution is 5.83. The summed E-state index contributed by atoms with van der Waals surface area (Å²) in [4.78, 5) is 11.4. The zero-order chi connectivity index (χ0) is 9.97. The van der Waals surface area contributed by atoms with E-state index in [1.165, 1.54) is 0 Å². The number of carbonyl (C=O) groups excluding carboxylic acids is 1. The quantitative estimate of drug-likeness (QED) is 0.791. The lowest BCUT2D eigenvalue weighted by Crippen LogP contribution is -2.01. The van der Waals surface area contributed by atoms with E-state index in [2.05, 4.69) is 0 Å². The van der Waals surface area contributed by atoms with Crippen molar-refractivity contribution in [3.05, 3.63) is 29.8 Å². The number of benzene rings is 1. The van der Waals surface area contributed by atoms with Crippen LogP contribution in [-0.4, -0.2) is 10.9 Å². The fraction of sp³-hybridized carbons (Fsp3) is 0.417. The molecule has 1 aliphatic carbocycles. The van der Waals surface area contributed by atoms with Crippen molar-refractivity contribution in [1.29, 1.82) is 0 Å². The van der Waals surface area contributed by atoms with E-state index in [1.807, 2.05) is 12.1 Å². The van der Waals surface area contributed by atoms with Gasteiger partial charge in [-0.2, -0.15) is 0 Å². The Bertz CT molecular complexity index is 340. The second-order valence-corrected chi connectivity index (χ2v) is 3.91. The maximum Gasteiger partial charge on any atom is 0.136 e. The molecule has 74 valence electrons. The molecule has 0 atom stereocenters. The molecule has 0 aliphatic heterocycles. The van der Waals surface area contributed by atoms with Crippen molar-refractivity contribution in [3.8, 4) is 5.75 Å². The Kier molecular flexibility index (Phi) is 2.53. The van der Waals surface area contributed by atoms with Gasteiger partial charge in [0.05, 0.1) is 0 Å². The van der Waals surface area contributed by atoms with E-state index in [0.29, 0.717) is 18.1 Å². The lowest BCUT2D eigenvalue weighted by Gasteiger charge is -2.00. The zero-order valence-electron chi connectivity index (χ0n) is 8.07. The molecule has 0 unspecified atom stereocenters. The van der Waals surface area contributed by atoms with Crippen LogP contribution >= 0.6 is 0 Å². The molecular weight excluding hydrogens is 176 g/mol. The van der Waals surface area contributed by atoms with Crippen LogP contribution in [0.3, 0.4) is 0 Å². The van der Waals surface area contributed by atoms with Gasteiger partial charge in [-0.15, -0.1) is 0 Å². The summed E-state index contributed by atoms with van der Waals surface area (Å²) >= 11 is 0. The molecule has 1 saturated carbocycles. The Morgan fingerprint density at radius 1 is 1.43 bits per heavy atom. The molecule has 14 heavy (non-hydrogen) atoms. The van der Waals surface area contributed by atoms with Crippen LogP contribution in [0.5, 0.6) is 5.75 Å².